The van der Waals surface area contributed by atoms with Crippen LogP contribution in [0.4, 0.5) is 0 Å². The summed E-state index contributed by atoms with van der Waals surface area (Å²) in [6.45, 7) is 4.53. The van der Waals surface area contributed by atoms with Gasteiger partial charge >= 0.3 is 0 Å². The second kappa shape index (κ2) is 5.09. The summed E-state index contributed by atoms with van der Waals surface area (Å²) < 4.78 is 5.26. The Hall–Kier alpha value is -1.02. The van der Waals surface area contributed by atoms with E-state index in [2.05, 4.69) is 44.4 Å². The molecule has 2 nitrogen and oxygen atoms in total. The molecule has 0 heterocycles. The van der Waals surface area contributed by atoms with E-state index in [9.17, 15) is 0 Å². The summed E-state index contributed by atoms with van der Waals surface area (Å²) in [7, 11) is 3.78. The second-order valence-corrected chi connectivity index (χ2v) is 5.19. The Morgan fingerprint density at radius 3 is 2.53 bits per heavy atom. The molecule has 0 saturated heterocycles. The SMILES string of the molecule is CNC(c1ccc(OC)cc1C)C(C)C1CC1. The van der Waals surface area contributed by atoms with E-state index in [-0.39, 0.29) is 0 Å². The monoisotopic (exact) mass is 233 g/mol. The molecule has 94 valence electrons. The van der Waals surface area contributed by atoms with Crippen molar-refractivity contribution in [1.82, 2.24) is 5.32 Å². The number of hydrogen-bond donors (Lipinski definition) is 1. The average Bonchev–Trinajstić information content (AvgIpc) is 3.15. The number of rotatable bonds is 5. The van der Waals surface area contributed by atoms with E-state index in [0.29, 0.717) is 12.0 Å². The molecule has 1 fully saturated rings. The van der Waals surface area contributed by atoms with Crippen molar-refractivity contribution >= 4 is 0 Å². The third-order valence-corrected chi connectivity index (χ3v) is 4.01. The van der Waals surface area contributed by atoms with Crippen LogP contribution in [0.5, 0.6) is 5.75 Å². The Labute approximate surface area is 104 Å². The molecule has 1 aliphatic rings. The molecule has 0 aliphatic heterocycles. The molecule has 2 rings (SSSR count). The van der Waals surface area contributed by atoms with Crippen LogP contribution in [0, 0.1) is 18.8 Å². The summed E-state index contributed by atoms with van der Waals surface area (Å²) in [5.74, 6) is 2.57. The Morgan fingerprint density at radius 2 is 2.06 bits per heavy atom. The van der Waals surface area contributed by atoms with E-state index >= 15 is 0 Å². The van der Waals surface area contributed by atoms with Gasteiger partial charge in [0.05, 0.1) is 7.11 Å². The lowest BCUT2D eigenvalue weighted by atomic mass is 9.88. The summed E-state index contributed by atoms with van der Waals surface area (Å²) >= 11 is 0. The lowest BCUT2D eigenvalue weighted by molar-refractivity contribution is 0.366. The molecule has 2 heteroatoms. The predicted molar refractivity (Wildman–Crippen MR) is 71.4 cm³/mol. The Morgan fingerprint density at radius 1 is 1.35 bits per heavy atom. The minimum atomic E-state index is 0.466. The van der Waals surface area contributed by atoms with Gasteiger partial charge in [-0.3, -0.25) is 0 Å². The standard InChI is InChI=1S/C15H23NO/c1-10-9-13(17-4)7-8-14(10)15(16-3)11(2)12-5-6-12/h7-9,11-12,15-16H,5-6H2,1-4H3. The van der Waals surface area contributed by atoms with Crippen LogP contribution in [0.25, 0.3) is 0 Å². The van der Waals surface area contributed by atoms with E-state index < -0.39 is 0 Å². The maximum Gasteiger partial charge on any atom is 0.119 e. The normalized spacial score (nSPS) is 18.8. The van der Waals surface area contributed by atoms with Gasteiger partial charge in [0.2, 0.25) is 0 Å². The van der Waals surface area contributed by atoms with Crippen molar-refractivity contribution in [3.8, 4) is 5.75 Å². The van der Waals surface area contributed by atoms with Gasteiger partial charge in [-0.2, -0.15) is 0 Å². The molecule has 1 aromatic rings. The zero-order valence-electron chi connectivity index (χ0n) is 11.3. The smallest absolute Gasteiger partial charge is 0.119 e. The molecule has 1 saturated carbocycles. The van der Waals surface area contributed by atoms with Crippen molar-refractivity contribution in [1.29, 1.82) is 0 Å². The number of benzene rings is 1. The Bertz CT molecular complexity index is 385. The van der Waals surface area contributed by atoms with Gasteiger partial charge in [-0.15, -0.1) is 0 Å². The van der Waals surface area contributed by atoms with Crippen molar-refractivity contribution in [2.45, 2.75) is 32.7 Å². The molecule has 0 radical (unpaired) electrons. The summed E-state index contributed by atoms with van der Waals surface area (Å²) in [6, 6.07) is 6.85. The molecule has 1 N–H and O–H groups in total. The van der Waals surface area contributed by atoms with Crippen LogP contribution in [0.1, 0.15) is 36.9 Å². The van der Waals surface area contributed by atoms with Crippen LogP contribution in [0.15, 0.2) is 18.2 Å². The van der Waals surface area contributed by atoms with Gasteiger partial charge in [0.1, 0.15) is 5.75 Å². The van der Waals surface area contributed by atoms with E-state index in [0.717, 1.165) is 11.7 Å². The second-order valence-electron chi connectivity index (χ2n) is 5.19. The van der Waals surface area contributed by atoms with Crippen LogP contribution in [-0.4, -0.2) is 14.2 Å². The number of aryl methyl sites for hydroxylation is 1. The van der Waals surface area contributed by atoms with Crippen LogP contribution < -0.4 is 10.1 Å². The van der Waals surface area contributed by atoms with Crippen molar-refractivity contribution in [3.05, 3.63) is 29.3 Å². The van der Waals surface area contributed by atoms with Gasteiger partial charge in [0.25, 0.3) is 0 Å². The maximum atomic E-state index is 5.26. The predicted octanol–water partition coefficient (Wildman–Crippen LogP) is 3.31. The molecular formula is C15H23NO. The zero-order chi connectivity index (χ0) is 12.4. The van der Waals surface area contributed by atoms with Crippen molar-refractivity contribution in [3.63, 3.8) is 0 Å². The maximum absolute atomic E-state index is 5.26. The average molecular weight is 233 g/mol. The van der Waals surface area contributed by atoms with Crippen LogP contribution in [0.2, 0.25) is 0 Å². The molecule has 0 spiro atoms. The minimum absolute atomic E-state index is 0.466. The number of methoxy groups -OCH3 is 1. The molecule has 0 bridgehead atoms. The topological polar surface area (TPSA) is 21.3 Å². The van der Waals surface area contributed by atoms with E-state index in [1.54, 1.807) is 7.11 Å². The molecule has 2 atom stereocenters. The fraction of sp³-hybridized carbons (Fsp3) is 0.600. The highest BCUT2D eigenvalue weighted by Crippen LogP contribution is 2.43. The summed E-state index contributed by atoms with van der Waals surface area (Å²) in [5.41, 5.74) is 2.73. The van der Waals surface area contributed by atoms with Crippen LogP contribution in [-0.2, 0) is 0 Å². The van der Waals surface area contributed by atoms with Crippen LogP contribution in [0.3, 0.4) is 0 Å². The van der Waals surface area contributed by atoms with Gasteiger partial charge in [-0.25, -0.2) is 0 Å². The highest BCUT2D eigenvalue weighted by atomic mass is 16.5. The van der Waals surface area contributed by atoms with Crippen LogP contribution >= 0.6 is 0 Å². The molecule has 0 aromatic heterocycles. The molecule has 1 aliphatic carbocycles. The zero-order valence-corrected chi connectivity index (χ0v) is 11.3. The molecule has 17 heavy (non-hydrogen) atoms. The minimum Gasteiger partial charge on any atom is -0.497 e. The first-order valence-corrected chi connectivity index (χ1v) is 6.49. The van der Waals surface area contributed by atoms with Gasteiger partial charge < -0.3 is 10.1 Å². The fourth-order valence-corrected chi connectivity index (χ4v) is 2.72. The molecule has 0 amide bonds. The third-order valence-electron chi connectivity index (χ3n) is 4.01. The number of hydrogen-bond acceptors (Lipinski definition) is 2. The van der Waals surface area contributed by atoms with E-state index in [1.807, 2.05) is 0 Å². The Balaban J connectivity index is 2.23. The van der Waals surface area contributed by atoms with Gasteiger partial charge in [-0.05, 0) is 61.9 Å². The van der Waals surface area contributed by atoms with Crippen molar-refractivity contribution in [2.75, 3.05) is 14.2 Å². The largest absolute Gasteiger partial charge is 0.497 e. The van der Waals surface area contributed by atoms with E-state index in [1.165, 1.54) is 24.0 Å². The molecule has 2 unspecified atom stereocenters. The lowest BCUT2D eigenvalue weighted by Gasteiger charge is -2.25. The summed E-state index contributed by atoms with van der Waals surface area (Å²) in [6.07, 6.45) is 2.79. The highest BCUT2D eigenvalue weighted by Gasteiger charge is 2.33. The van der Waals surface area contributed by atoms with Crippen molar-refractivity contribution < 1.29 is 4.74 Å². The summed E-state index contributed by atoms with van der Waals surface area (Å²) in [5, 5.41) is 3.48. The third kappa shape index (κ3) is 2.63. The van der Waals surface area contributed by atoms with Gasteiger partial charge in [0, 0.05) is 6.04 Å². The highest BCUT2D eigenvalue weighted by molar-refractivity contribution is 5.37. The number of nitrogens with one attached hydrogen (secondary N) is 1. The molecular weight excluding hydrogens is 210 g/mol. The first-order valence-electron chi connectivity index (χ1n) is 6.49. The first-order chi connectivity index (χ1) is 8.17. The lowest BCUT2D eigenvalue weighted by Crippen LogP contribution is -2.25. The van der Waals surface area contributed by atoms with Gasteiger partial charge in [-0.1, -0.05) is 13.0 Å². The summed E-state index contributed by atoms with van der Waals surface area (Å²) in [4.78, 5) is 0. The fourth-order valence-electron chi connectivity index (χ4n) is 2.72. The quantitative estimate of drug-likeness (QED) is 0.842. The van der Waals surface area contributed by atoms with Gasteiger partial charge in [0.15, 0.2) is 0 Å². The molecule has 1 aromatic carbocycles. The van der Waals surface area contributed by atoms with E-state index in [4.69, 9.17) is 4.74 Å². The Kier molecular flexibility index (Phi) is 3.72. The number of ether oxygens (including phenoxy) is 1. The van der Waals surface area contributed by atoms with Crippen molar-refractivity contribution in [2.24, 2.45) is 11.8 Å². The first kappa shape index (κ1) is 12.4.